The van der Waals surface area contributed by atoms with E-state index in [1.165, 1.54) is 19.3 Å². The van der Waals surface area contributed by atoms with Crippen LogP contribution in [0.4, 0.5) is 4.79 Å². The molecule has 0 unspecified atom stereocenters. The maximum Gasteiger partial charge on any atom is 0.321 e. The highest BCUT2D eigenvalue weighted by Gasteiger charge is 2.06. The van der Waals surface area contributed by atoms with E-state index < -0.39 is 18.4 Å². The summed E-state index contributed by atoms with van der Waals surface area (Å²) in [7, 11) is 0. The summed E-state index contributed by atoms with van der Waals surface area (Å²) in [6.45, 7) is 0.719. The highest BCUT2D eigenvalue weighted by atomic mass is 16.2. The predicted molar refractivity (Wildman–Crippen MR) is 97.9 cm³/mol. The molecule has 0 saturated carbocycles. The van der Waals surface area contributed by atoms with Gasteiger partial charge in [0.05, 0.1) is 6.54 Å². The van der Waals surface area contributed by atoms with Crippen molar-refractivity contribution in [2.45, 2.75) is 51.9 Å². The summed E-state index contributed by atoms with van der Waals surface area (Å²) in [5.41, 5.74) is 0.835. The van der Waals surface area contributed by atoms with Crippen LogP contribution >= 0.6 is 0 Å². The molecule has 0 aliphatic carbocycles. The molecule has 0 aromatic heterocycles. The van der Waals surface area contributed by atoms with Crippen molar-refractivity contribution in [1.82, 2.24) is 16.0 Å². The molecule has 1 aromatic rings. The monoisotopic (exact) mass is 335 g/mol. The molecule has 0 fully saturated rings. The van der Waals surface area contributed by atoms with Crippen LogP contribution in [0.1, 0.15) is 53.8 Å². The van der Waals surface area contributed by atoms with Crippen LogP contribution < -0.4 is 16.0 Å². The molecule has 5 heteroatoms. The highest BCUT2D eigenvalue weighted by Crippen LogP contribution is 2.03. The van der Waals surface area contributed by atoms with E-state index in [0.717, 1.165) is 24.8 Å². The number of carbonyl (C=O) groups is 2. The average Bonchev–Trinajstić information content (AvgIpc) is 2.60. The van der Waals surface area contributed by atoms with Crippen LogP contribution in [0, 0.1) is 0 Å². The molecule has 0 atom stereocenters. The maximum atomic E-state index is 11.8. The van der Waals surface area contributed by atoms with E-state index >= 15 is 0 Å². The van der Waals surface area contributed by atoms with Crippen LogP contribution in [-0.4, -0.2) is 31.5 Å². The Morgan fingerprint density at radius 3 is 2.50 bits per heavy atom. The minimum Gasteiger partial charge on any atom is -0.338 e. The third-order valence-electron chi connectivity index (χ3n) is 3.58. The average molecular weight is 335 g/mol. The normalized spacial score (nSPS) is 12.2. The number of nitrogens with one attached hydrogen (secondary N) is 3. The molecule has 0 radical (unpaired) electrons. The van der Waals surface area contributed by atoms with Gasteiger partial charge in [0, 0.05) is 9.29 Å². The molecule has 5 nitrogen and oxygen atoms in total. The highest BCUT2D eigenvalue weighted by molar-refractivity contribution is 5.95. The molecular formula is C19H31N3O2. The number of urea groups is 1. The van der Waals surface area contributed by atoms with Gasteiger partial charge in [0.25, 0.3) is 0 Å². The smallest absolute Gasteiger partial charge is 0.321 e. The van der Waals surface area contributed by atoms with Crippen molar-refractivity contribution >= 4 is 11.9 Å². The van der Waals surface area contributed by atoms with Crippen molar-refractivity contribution in [1.29, 1.82) is 0 Å². The topological polar surface area (TPSA) is 70.2 Å². The third kappa shape index (κ3) is 10.8. The third-order valence-corrected chi connectivity index (χ3v) is 3.58. The van der Waals surface area contributed by atoms with Crippen molar-refractivity contribution < 1.29 is 12.3 Å². The summed E-state index contributed by atoms with van der Waals surface area (Å²) in [5, 5.41) is 7.41. The quantitative estimate of drug-likeness (QED) is 0.514. The molecule has 1 rings (SSSR count). The van der Waals surface area contributed by atoms with Gasteiger partial charge in [-0.25, -0.2) is 4.79 Å². The zero-order chi connectivity index (χ0) is 19.3. The molecule has 0 heterocycles. The van der Waals surface area contributed by atoms with Gasteiger partial charge in [0.15, 0.2) is 0 Å². The van der Waals surface area contributed by atoms with Gasteiger partial charge in [0.2, 0.25) is 5.91 Å². The van der Waals surface area contributed by atoms with Crippen molar-refractivity contribution in [2.24, 2.45) is 0 Å². The molecule has 0 saturated heterocycles. The Bertz CT molecular complexity index is 539. The van der Waals surface area contributed by atoms with Crippen molar-refractivity contribution in [3.05, 3.63) is 35.9 Å². The van der Waals surface area contributed by atoms with Crippen molar-refractivity contribution in [3.63, 3.8) is 0 Å². The Balaban J connectivity index is 2.15. The summed E-state index contributed by atoms with van der Waals surface area (Å²) < 4.78 is 15.8. The van der Waals surface area contributed by atoms with Gasteiger partial charge in [-0.1, -0.05) is 69.4 Å². The molecule has 24 heavy (non-hydrogen) atoms. The second-order valence-corrected chi connectivity index (χ2v) is 5.76. The first-order chi connectivity index (χ1) is 12.4. The lowest BCUT2D eigenvalue weighted by atomic mass is 10.1. The number of imide groups is 1. The predicted octanol–water partition coefficient (Wildman–Crippen LogP) is 3.01. The summed E-state index contributed by atoms with van der Waals surface area (Å²) in [4.78, 5) is 23.4. The van der Waals surface area contributed by atoms with Gasteiger partial charge in [-0.05, 0) is 24.9 Å². The SMILES string of the molecule is [2H]C([2H])(Cc1ccccc1)NCC(=O)NC(=O)NCCCCCCCC. The van der Waals surface area contributed by atoms with E-state index in [1.807, 2.05) is 30.3 Å². The first-order valence-electron chi connectivity index (χ1n) is 9.79. The van der Waals surface area contributed by atoms with E-state index in [0.29, 0.717) is 6.54 Å². The second-order valence-electron chi connectivity index (χ2n) is 5.76. The van der Waals surface area contributed by atoms with E-state index in [9.17, 15) is 9.59 Å². The number of hydrogen-bond donors (Lipinski definition) is 3. The summed E-state index contributed by atoms with van der Waals surface area (Å²) >= 11 is 0. The minimum atomic E-state index is -1.73. The molecule has 3 N–H and O–H groups in total. The number of aryl methyl sites for hydroxylation is 1. The minimum absolute atomic E-state index is 0.144. The number of benzene rings is 1. The zero-order valence-corrected chi connectivity index (χ0v) is 14.6. The fourth-order valence-electron chi connectivity index (χ4n) is 2.23. The first kappa shape index (κ1) is 17.0. The van der Waals surface area contributed by atoms with Crippen LogP contribution in [0.15, 0.2) is 30.3 Å². The molecule has 0 aliphatic rings. The molecule has 0 spiro atoms. The van der Waals surface area contributed by atoms with Gasteiger partial charge in [-0.3, -0.25) is 10.1 Å². The summed E-state index contributed by atoms with van der Waals surface area (Å²) in [5.74, 6) is -0.553. The summed E-state index contributed by atoms with van der Waals surface area (Å²) in [6.07, 6.45) is 6.94. The fourth-order valence-corrected chi connectivity index (χ4v) is 2.23. The van der Waals surface area contributed by atoms with Crippen LogP contribution in [0.25, 0.3) is 0 Å². The van der Waals surface area contributed by atoms with Crippen LogP contribution in [0.5, 0.6) is 0 Å². The van der Waals surface area contributed by atoms with E-state index in [2.05, 4.69) is 22.9 Å². The van der Waals surface area contributed by atoms with Gasteiger partial charge in [-0.15, -0.1) is 0 Å². The molecule has 3 amide bonds. The second kappa shape index (κ2) is 13.5. The van der Waals surface area contributed by atoms with Crippen molar-refractivity contribution in [3.8, 4) is 0 Å². The summed E-state index contributed by atoms with van der Waals surface area (Å²) in [6, 6.07) is 8.67. The fraction of sp³-hybridized carbons (Fsp3) is 0.579. The Kier molecular flexibility index (Phi) is 9.57. The van der Waals surface area contributed by atoms with Crippen molar-refractivity contribution in [2.75, 3.05) is 19.6 Å². The van der Waals surface area contributed by atoms with Gasteiger partial charge >= 0.3 is 6.03 Å². The molecule has 0 bridgehead atoms. The first-order valence-corrected chi connectivity index (χ1v) is 8.79. The number of amides is 3. The largest absolute Gasteiger partial charge is 0.338 e. The number of rotatable bonds is 12. The lowest BCUT2D eigenvalue weighted by molar-refractivity contribution is -0.119. The Morgan fingerprint density at radius 2 is 1.75 bits per heavy atom. The van der Waals surface area contributed by atoms with Crippen LogP contribution in [-0.2, 0) is 11.2 Å². The van der Waals surface area contributed by atoms with Crippen LogP contribution in [0.2, 0.25) is 0 Å². The lowest BCUT2D eigenvalue weighted by Crippen LogP contribution is -2.43. The standard InChI is InChI=1S/C19H31N3O2/c1-2-3-4-5-6-10-14-21-19(24)22-18(23)16-20-15-13-17-11-8-7-9-12-17/h7-9,11-12,20H,2-6,10,13-16H2,1H3,(H2,21,22,23,24)/i15D2. The molecular weight excluding hydrogens is 302 g/mol. The van der Waals surface area contributed by atoms with Gasteiger partial charge in [-0.2, -0.15) is 0 Å². The van der Waals surface area contributed by atoms with Crippen LogP contribution in [0.3, 0.4) is 0 Å². The number of unbranched alkanes of at least 4 members (excludes halogenated alkanes) is 5. The lowest BCUT2D eigenvalue weighted by Gasteiger charge is -2.08. The van der Waals surface area contributed by atoms with E-state index in [4.69, 9.17) is 2.74 Å². The van der Waals surface area contributed by atoms with E-state index in [-0.39, 0.29) is 13.0 Å². The van der Waals surface area contributed by atoms with Gasteiger partial charge in [0.1, 0.15) is 0 Å². The van der Waals surface area contributed by atoms with Gasteiger partial charge < -0.3 is 10.6 Å². The zero-order valence-electron chi connectivity index (χ0n) is 16.6. The molecule has 0 aliphatic heterocycles. The number of hydrogen-bond acceptors (Lipinski definition) is 3. The Hall–Kier alpha value is -1.88. The molecule has 1 aromatic carbocycles. The Morgan fingerprint density at radius 1 is 1.04 bits per heavy atom. The molecule has 134 valence electrons. The van der Waals surface area contributed by atoms with E-state index in [1.54, 1.807) is 0 Å². The maximum absolute atomic E-state index is 11.8. The number of carbonyl (C=O) groups excluding carboxylic acids is 2. The Labute approximate surface area is 148 Å².